The molecule has 0 aliphatic heterocycles. The Labute approximate surface area is 256 Å². The van der Waals surface area contributed by atoms with E-state index in [1.54, 1.807) is 25.3 Å². The Balaban J connectivity index is 1.26. The summed E-state index contributed by atoms with van der Waals surface area (Å²) in [6.07, 6.45) is 1.57. The molecule has 45 heavy (non-hydrogen) atoms. The standard InChI is InChI=1S/C34H27F3N4O4/c1-44-17-20-9-24(10-20)41-31-13-21(34(42)43)7-8-30(31)39-32(41)14-23-12-28(37)25(15-27(23)36)29-3-2-4-33(40-29)45-18-22-6-5-19(16-38)11-26(22)35/h2-8,11-13,15,20,24H,9-10,14,17-18H2,1H3,(H,42,43)/t20-,24+. The number of benzene rings is 3. The number of methoxy groups -OCH3 is 1. The quantitative estimate of drug-likeness (QED) is 0.184. The third-order valence-corrected chi connectivity index (χ3v) is 8.03. The van der Waals surface area contributed by atoms with Crippen LogP contribution in [0.4, 0.5) is 13.2 Å². The van der Waals surface area contributed by atoms with Gasteiger partial charge in [-0.25, -0.2) is 27.9 Å². The van der Waals surface area contributed by atoms with E-state index >= 15 is 8.78 Å². The summed E-state index contributed by atoms with van der Waals surface area (Å²) in [6.45, 7) is 0.429. The molecule has 8 nitrogen and oxygen atoms in total. The molecule has 2 aromatic heterocycles. The van der Waals surface area contributed by atoms with Crippen LogP contribution in [0.25, 0.3) is 22.3 Å². The van der Waals surface area contributed by atoms with Crippen molar-refractivity contribution in [1.82, 2.24) is 14.5 Å². The zero-order valence-corrected chi connectivity index (χ0v) is 24.1. The smallest absolute Gasteiger partial charge is 0.335 e. The molecule has 0 amide bonds. The maximum absolute atomic E-state index is 15.6. The van der Waals surface area contributed by atoms with E-state index in [0.29, 0.717) is 29.4 Å². The fourth-order valence-corrected chi connectivity index (χ4v) is 5.71. The first-order chi connectivity index (χ1) is 21.7. The molecule has 0 atom stereocenters. The van der Waals surface area contributed by atoms with E-state index in [1.807, 2.05) is 10.6 Å². The topological polar surface area (TPSA) is 110 Å². The molecule has 228 valence electrons. The van der Waals surface area contributed by atoms with Crippen LogP contribution >= 0.6 is 0 Å². The Morgan fingerprint density at radius 2 is 1.80 bits per heavy atom. The highest BCUT2D eigenvalue weighted by Gasteiger charge is 2.33. The van der Waals surface area contributed by atoms with Crippen molar-refractivity contribution in [3.8, 4) is 23.2 Å². The number of aromatic nitrogens is 3. The third-order valence-electron chi connectivity index (χ3n) is 8.03. The summed E-state index contributed by atoms with van der Waals surface area (Å²) in [5.41, 5.74) is 1.85. The van der Waals surface area contributed by atoms with Gasteiger partial charge in [0.1, 0.15) is 29.9 Å². The molecule has 0 saturated heterocycles. The molecule has 6 rings (SSSR count). The van der Waals surface area contributed by atoms with Gasteiger partial charge >= 0.3 is 5.97 Å². The van der Waals surface area contributed by atoms with E-state index in [1.165, 1.54) is 30.3 Å². The number of imidazole rings is 1. The van der Waals surface area contributed by atoms with Gasteiger partial charge in [0.25, 0.3) is 0 Å². The minimum atomic E-state index is -1.06. The molecule has 11 heteroatoms. The SMILES string of the molecule is COC[C@H]1C[C@@H](n2c(Cc3cc(F)c(-c4cccc(OCc5ccc(C#N)cc5F)n4)cc3F)nc3ccc(C(=O)O)cc32)C1. The van der Waals surface area contributed by atoms with Crippen LogP contribution in [0, 0.1) is 34.7 Å². The fourth-order valence-electron chi connectivity index (χ4n) is 5.71. The number of nitrogens with zero attached hydrogens (tertiary/aromatic N) is 4. The lowest BCUT2D eigenvalue weighted by Crippen LogP contribution is -2.30. The van der Waals surface area contributed by atoms with Gasteiger partial charge in [-0.3, -0.25) is 0 Å². The van der Waals surface area contributed by atoms with Crippen molar-refractivity contribution in [2.45, 2.75) is 31.9 Å². The second-order valence-electron chi connectivity index (χ2n) is 11.0. The lowest BCUT2D eigenvalue weighted by Gasteiger charge is -2.37. The number of carboxylic acid groups (broad SMARTS) is 1. The summed E-state index contributed by atoms with van der Waals surface area (Å²) in [5, 5.41) is 18.5. The Hall–Kier alpha value is -5.21. The average Bonchev–Trinajstić information content (AvgIpc) is 3.36. The minimum absolute atomic E-state index is 0.0156. The van der Waals surface area contributed by atoms with Crippen molar-refractivity contribution < 1.29 is 32.5 Å². The van der Waals surface area contributed by atoms with Gasteiger partial charge in [-0.15, -0.1) is 0 Å². The van der Waals surface area contributed by atoms with Gasteiger partial charge in [-0.05, 0) is 72.9 Å². The van der Waals surface area contributed by atoms with Crippen molar-refractivity contribution >= 4 is 17.0 Å². The molecule has 5 aromatic rings. The number of nitriles is 1. The molecule has 3 aromatic carbocycles. The van der Waals surface area contributed by atoms with Crippen LogP contribution in [0.2, 0.25) is 0 Å². The van der Waals surface area contributed by atoms with Gasteiger partial charge < -0.3 is 19.1 Å². The Kier molecular flexibility index (Phi) is 8.24. The first kappa shape index (κ1) is 29.8. The van der Waals surface area contributed by atoms with Gasteiger partial charge in [0.15, 0.2) is 0 Å². The van der Waals surface area contributed by atoms with Gasteiger partial charge in [0.05, 0.1) is 33.9 Å². The number of carboxylic acids is 1. The molecule has 1 fully saturated rings. The number of hydrogen-bond donors (Lipinski definition) is 1. The molecule has 0 bridgehead atoms. The number of pyridine rings is 1. The van der Waals surface area contributed by atoms with Gasteiger partial charge in [0, 0.05) is 43.4 Å². The zero-order valence-electron chi connectivity index (χ0n) is 24.1. The van der Waals surface area contributed by atoms with Crippen LogP contribution in [0.15, 0.2) is 66.7 Å². The largest absolute Gasteiger partial charge is 0.478 e. The molecule has 1 N–H and O–H groups in total. The Bertz CT molecular complexity index is 1960. The van der Waals surface area contributed by atoms with Crippen molar-refractivity contribution in [2.24, 2.45) is 5.92 Å². The summed E-state index contributed by atoms with van der Waals surface area (Å²) in [6, 6.07) is 17.4. The molecular weight excluding hydrogens is 585 g/mol. The highest BCUT2D eigenvalue weighted by Crippen LogP contribution is 2.41. The molecule has 0 radical (unpaired) electrons. The van der Waals surface area contributed by atoms with Crippen LogP contribution in [-0.4, -0.2) is 39.3 Å². The average molecular weight is 613 g/mol. The summed E-state index contributed by atoms with van der Waals surface area (Å²) in [5.74, 6) is -2.09. The van der Waals surface area contributed by atoms with E-state index < -0.39 is 23.4 Å². The zero-order chi connectivity index (χ0) is 31.7. The molecule has 1 aliphatic carbocycles. The lowest BCUT2D eigenvalue weighted by atomic mass is 9.80. The Morgan fingerprint density at radius 3 is 2.53 bits per heavy atom. The number of fused-ring (bicyclic) bond motifs is 1. The van der Waals surface area contributed by atoms with Gasteiger partial charge in [0.2, 0.25) is 5.88 Å². The van der Waals surface area contributed by atoms with Crippen molar-refractivity contribution in [3.63, 3.8) is 0 Å². The van der Waals surface area contributed by atoms with E-state index in [-0.39, 0.29) is 58.5 Å². The van der Waals surface area contributed by atoms with Gasteiger partial charge in [-0.1, -0.05) is 12.1 Å². The van der Waals surface area contributed by atoms with Crippen LogP contribution < -0.4 is 4.74 Å². The molecular formula is C34H27F3N4O4. The number of halogens is 3. The van der Waals surface area contributed by atoms with E-state index in [2.05, 4.69) is 9.97 Å². The van der Waals surface area contributed by atoms with Crippen LogP contribution in [0.1, 0.15) is 51.8 Å². The number of hydrogen-bond acceptors (Lipinski definition) is 6. The van der Waals surface area contributed by atoms with Crippen molar-refractivity contribution in [2.75, 3.05) is 13.7 Å². The molecule has 1 saturated carbocycles. The molecule has 1 aliphatic rings. The maximum atomic E-state index is 15.6. The number of rotatable bonds is 10. The number of ether oxygens (including phenoxy) is 2. The van der Waals surface area contributed by atoms with Crippen molar-refractivity contribution in [1.29, 1.82) is 5.26 Å². The van der Waals surface area contributed by atoms with Gasteiger partial charge in [-0.2, -0.15) is 5.26 Å². The van der Waals surface area contributed by atoms with E-state index in [9.17, 15) is 14.3 Å². The summed E-state index contributed by atoms with van der Waals surface area (Å²) >= 11 is 0. The Morgan fingerprint density at radius 1 is 1.00 bits per heavy atom. The first-order valence-electron chi connectivity index (χ1n) is 14.2. The summed E-state index contributed by atoms with van der Waals surface area (Å²) < 4.78 is 58.2. The van der Waals surface area contributed by atoms with E-state index in [0.717, 1.165) is 31.0 Å². The molecule has 0 unspecified atom stereocenters. The van der Waals surface area contributed by atoms with Crippen LogP contribution in [0.3, 0.4) is 0 Å². The molecule has 2 heterocycles. The monoisotopic (exact) mass is 612 g/mol. The second-order valence-corrected chi connectivity index (χ2v) is 11.0. The van der Waals surface area contributed by atoms with E-state index in [4.69, 9.17) is 14.7 Å². The lowest BCUT2D eigenvalue weighted by molar-refractivity contribution is 0.0696. The predicted molar refractivity (Wildman–Crippen MR) is 158 cm³/mol. The number of aromatic carboxylic acids is 1. The summed E-state index contributed by atoms with van der Waals surface area (Å²) in [7, 11) is 1.64. The minimum Gasteiger partial charge on any atom is -0.478 e. The van der Waals surface area contributed by atoms with Crippen molar-refractivity contribution in [3.05, 3.63) is 112 Å². The summed E-state index contributed by atoms with van der Waals surface area (Å²) in [4.78, 5) is 20.6. The van der Waals surface area contributed by atoms with Crippen LogP contribution in [-0.2, 0) is 17.8 Å². The molecule has 0 spiro atoms. The normalized spacial score (nSPS) is 15.9. The predicted octanol–water partition coefficient (Wildman–Crippen LogP) is 6.85. The second kappa shape index (κ2) is 12.4. The first-order valence-corrected chi connectivity index (χ1v) is 14.2. The van der Waals surface area contributed by atoms with Crippen LogP contribution in [0.5, 0.6) is 5.88 Å². The number of carbonyl (C=O) groups is 1. The fraction of sp³-hybridized carbons (Fsp3) is 0.235. The highest BCUT2D eigenvalue weighted by atomic mass is 19.1. The third kappa shape index (κ3) is 6.10. The highest BCUT2D eigenvalue weighted by molar-refractivity contribution is 5.92. The maximum Gasteiger partial charge on any atom is 0.335 e.